The Bertz CT molecular complexity index is 987. The lowest BCUT2D eigenvalue weighted by Crippen LogP contribution is -2.23. The van der Waals surface area contributed by atoms with Gasteiger partial charge in [-0.15, -0.1) is 5.10 Å². The molecule has 2 heterocycles. The number of hydrogen-bond donors (Lipinski definition) is 1. The highest BCUT2D eigenvalue weighted by Gasteiger charge is 2.16. The highest BCUT2D eigenvalue weighted by atomic mass is 32.2. The minimum absolute atomic E-state index is 0.147. The molecule has 0 fully saturated rings. The van der Waals surface area contributed by atoms with Crippen LogP contribution in [0.1, 0.15) is 5.56 Å². The maximum Gasteiger partial charge on any atom is 0.240 e. The number of benzene rings is 2. The van der Waals surface area contributed by atoms with E-state index in [2.05, 4.69) is 20.2 Å². The fraction of sp³-hybridized carbons (Fsp3) is 0.133. The van der Waals surface area contributed by atoms with Crippen LogP contribution in [0.4, 0.5) is 0 Å². The zero-order chi connectivity index (χ0) is 17.3. The second-order valence-corrected chi connectivity index (χ2v) is 7.03. The van der Waals surface area contributed by atoms with Gasteiger partial charge < -0.3 is 9.47 Å². The van der Waals surface area contributed by atoms with Gasteiger partial charge in [0, 0.05) is 6.54 Å². The molecule has 0 saturated heterocycles. The van der Waals surface area contributed by atoms with E-state index in [1.807, 2.05) is 0 Å². The van der Waals surface area contributed by atoms with Crippen LogP contribution in [0.5, 0.6) is 11.5 Å². The van der Waals surface area contributed by atoms with Crippen molar-refractivity contribution >= 4 is 10.0 Å². The third-order valence-electron chi connectivity index (χ3n) is 3.66. The lowest BCUT2D eigenvalue weighted by molar-refractivity contribution is 0.174. The summed E-state index contributed by atoms with van der Waals surface area (Å²) < 4.78 is 39.4. The number of hydrogen-bond acceptors (Lipinski definition) is 7. The first-order valence-corrected chi connectivity index (χ1v) is 8.82. The molecular weight excluding hydrogens is 346 g/mol. The number of ether oxygens (including phenoxy) is 2. The summed E-state index contributed by atoms with van der Waals surface area (Å²) in [7, 11) is -3.64. The maximum atomic E-state index is 12.4. The van der Waals surface area contributed by atoms with Crippen LogP contribution in [0.2, 0.25) is 0 Å². The molecule has 0 unspecified atom stereocenters. The molecule has 1 aliphatic rings. The lowest BCUT2D eigenvalue weighted by Gasteiger charge is -2.08. The van der Waals surface area contributed by atoms with E-state index in [4.69, 9.17) is 9.47 Å². The molecule has 0 radical (unpaired) electrons. The molecule has 0 amide bonds. The van der Waals surface area contributed by atoms with Gasteiger partial charge in [-0.2, -0.15) is 0 Å². The van der Waals surface area contributed by atoms with Crippen molar-refractivity contribution in [3.63, 3.8) is 0 Å². The quantitative estimate of drug-likeness (QED) is 0.720. The average molecular weight is 359 g/mol. The highest BCUT2D eigenvalue weighted by Crippen LogP contribution is 2.32. The first-order valence-electron chi connectivity index (χ1n) is 7.33. The Morgan fingerprint density at radius 1 is 1.08 bits per heavy atom. The van der Waals surface area contributed by atoms with Crippen LogP contribution >= 0.6 is 0 Å². The fourth-order valence-corrected chi connectivity index (χ4v) is 3.39. The fourth-order valence-electron chi connectivity index (χ4n) is 2.37. The number of aromatic nitrogens is 4. The van der Waals surface area contributed by atoms with Crippen LogP contribution < -0.4 is 14.2 Å². The van der Waals surface area contributed by atoms with Crippen molar-refractivity contribution in [1.82, 2.24) is 24.9 Å². The summed E-state index contributed by atoms with van der Waals surface area (Å²) in [5, 5.41) is 10.8. The van der Waals surface area contributed by atoms with Crippen LogP contribution in [-0.2, 0) is 16.6 Å². The Labute approximate surface area is 143 Å². The van der Waals surface area contributed by atoms with E-state index < -0.39 is 10.0 Å². The Morgan fingerprint density at radius 2 is 1.88 bits per heavy atom. The zero-order valence-corrected chi connectivity index (χ0v) is 13.7. The first-order chi connectivity index (χ1) is 12.1. The molecule has 0 bridgehead atoms. The molecule has 9 nitrogen and oxygen atoms in total. The van der Waals surface area contributed by atoms with Crippen LogP contribution in [0.15, 0.2) is 53.7 Å². The first kappa shape index (κ1) is 15.5. The van der Waals surface area contributed by atoms with E-state index in [1.54, 1.807) is 30.3 Å². The van der Waals surface area contributed by atoms with Gasteiger partial charge in [0.25, 0.3) is 0 Å². The second-order valence-electron chi connectivity index (χ2n) is 5.26. The third-order valence-corrected chi connectivity index (χ3v) is 5.08. The van der Waals surface area contributed by atoms with Gasteiger partial charge in [0.1, 0.15) is 6.33 Å². The van der Waals surface area contributed by atoms with Gasteiger partial charge in [0.15, 0.2) is 11.5 Å². The van der Waals surface area contributed by atoms with E-state index in [-0.39, 0.29) is 18.2 Å². The van der Waals surface area contributed by atoms with Crippen molar-refractivity contribution in [2.75, 3.05) is 6.79 Å². The SMILES string of the molecule is O=S(=O)(NCc1ccc2c(c1)OCO2)c1ccc(-n2cnnn2)cc1. The Hall–Kier alpha value is -2.98. The summed E-state index contributed by atoms with van der Waals surface area (Å²) in [6.45, 7) is 0.325. The summed E-state index contributed by atoms with van der Waals surface area (Å²) in [6, 6.07) is 11.6. The molecule has 1 aromatic heterocycles. The van der Waals surface area contributed by atoms with Gasteiger partial charge in [0.05, 0.1) is 10.6 Å². The smallest absolute Gasteiger partial charge is 0.240 e. The lowest BCUT2D eigenvalue weighted by atomic mass is 10.2. The number of nitrogens with zero attached hydrogens (tertiary/aromatic N) is 4. The van der Waals surface area contributed by atoms with Gasteiger partial charge in [-0.05, 0) is 52.4 Å². The van der Waals surface area contributed by atoms with Crippen LogP contribution in [-0.4, -0.2) is 35.4 Å². The molecule has 2 aromatic carbocycles. The normalized spacial score (nSPS) is 13.1. The topological polar surface area (TPSA) is 108 Å². The van der Waals surface area contributed by atoms with E-state index in [0.717, 1.165) is 5.56 Å². The molecule has 25 heavy (non-hydrogen) atoms. The van der Waals surface area contributed by atoms with Gasteiger partial charge >= 0.3 is 0 Å². The van der Waals surface area contributed by atoms with E-state index in [1.165, 1.54) is 23.1 Å². The van der Waals surface area contributed by atoms with Crippen LogP contribution in [0, 0.1) is 0 Å². The van der Waals surface area contributed by atoms with E-state index in [9.17, 15) is 8.42 Å². The third kappa shape index (κ3) is 3.16. The van der Waals surface area contributed by atoms with Crippen molar-refractivity contribution in [1.29, 1.82) is 0 Å². The van der Waals surface area contributed by atoms with E-state index in [0.29, 0.717) is 17.2 Å². The standard InChI is InChI=1S/C15H13N5O4S/c21-25(22,13-4-2-12(3-5-13)20-9-16-18-19-20)17-8-11-1-6-14-15(7-11)24-10-23-14/h1-7,9,17H,8,10H2. The van der Waals surface area contributed by atoms with Crippen LogP contribution in [0.3, 0.4) is 0 Å². The number of nitrogens with one attached hydrogen (secondary N) is 1. The van der Waals surface area contributed by atoms with Crippen molar-refractivity contribution < 1.29 is 17.9 Å². The van der Waals surface area contributed by atoms with Gasteiger partial charge in [-0.3, -0.25) is 0 Å². The number of fused-ring (bicyclic) bond motifs is 1. The van der Waals surface area contributed by atoms with Crippen LogP contribution in [0.25, 0.3) is 5.69 Å². The maximum absolute atomic E-state index is 12.4. The largest absolute Gasteiger partial charge is 0.454 e. The molecule has 128 valence electrons. The molecule has 10 heteroatoms. The van der Waals surface area contributed by atoms with Crippen molar-refractivity contribution in [3.8, 4) is 17.2 Å². The molecule has 3 aromatic rings. The monoisotopic (exact) mass is 359 g/mol. The van der Waals surface area contributed by atoms with Crippen molar-refractivity contribution in [3.05, 3.63) is 54.4 Å². The highest BCUT2D eigenvalue weighted by molar-refractivity contribution is 7.89. The molecule has 0 saturated carbocycles. The summed E-state index contributed by atoms with van der Waals surface area (Å²) in [5.41, 5.74) is 1.44. The Balaban J connectivity index is 1.48. The second kappa shape index (κ2) is 6.15. The summed E-state index contributed by atoms with van der Waals surface area (Å²) in [6.07, 6.45) is 1.43. The number of sulfonamides is 1. The molecule has 0 spiro atoms. The summed E-state index contributed by atoms with van der Waals surface area (Å²) in [5.74, 6) is 1.27. The Morgan fingerprint density at radius 3 is 2.64 bits per heavy atom. The molecule has 1 N–H and O–H groups in total. The molecular formula is C15H13N5O4S. The zero-order valence-electron chi connectivity index (χ0n) is 12.9. The minimum atomic E-state index is -3.64. The molecule has 0 aliphatic carbocycles. The van der Waals surface area contributed by atoms with Crippen molar-refractivity contribution in [2.45, 2.75) is 11.4 Å². The van der Waals surface area contributed by atoms with Gasteiger partial charge in [-0.25, -0.2) is 17.8 Å². The summed E-state index contributed by atoms with van der Waals surface area (Å²) in [4.78, 5) is 0.157. The van der Waals surface area contributed by atoms with Gasteiger partial charge in [0.2, 0.25) is 16.8 Å². The Kier molecular flexibility index (Phi) is 3.82. The number of tetrazole rings is 1. The van der Waals surface area contributed by atoms with Crippen molar-refractivity contribution in [2.24, 2.45) is 0 Å². The predicted octanol–water partition coefficient (Wildman–Crippen LogP) is 0.869. The van der Waals surface area contributed by atoms with E-state index >= 15 is 0 Å². The summed E-state index contributed by atoms with van der Waals surface area (Å²) >= 11 is 0. The molecule has 4 rings (SSSR count). The predicted molar refractivity (Wildman–Crippen MR) is 85.7 cm³/mol. The minimum Gasteiger partial charge on any atom is -0.454 e. The number of rotatable bonds is 5. The molecule has 1 aliphatic heterocycles. The van der Waals surface area contributed by atoms with Gasteiger partial charge in [-0.1, -0.05) is 6.07 Å². The average Bonchev–Trinajstić information content (AvgIpc) is 3.31. The molecule has 0 atom stereocenters.